The van der Waals surface area contributed by atoms with Gasteiger partial charge in [-0.25, -0.2) is 4.98 Å². The molecule has 9 nitrogen and oxygen atoms in total. The van der Waals surface area contributed by atoms with Gasteiger partial charge in [0.15, 0.2) is 0 Å². The molecule has 4 heterocycles. The van der Waals surface area contributed by atoms with Crippen molar-refractivity contribution in [2.45, 2.75) is 32.9 Å². The number of methoxy groups -OCH3 is 2. The molecule has 0 radical (unpaired) electrons. The van der Waals surface area contributed by atoms with Gasteiger partial charge in [-0.15, -0.1) is 0 Å². The predicted molar refractivity (Wildman–Crippen MR) is 145 cm³/mol. The van der Waals surface area contributed by atoms with E-state index in [1.807, 2.05) is 37.3 Å². The number of amides is 1. The number of halogens is 1. The summed E-state index contributed by atoms with van der Waals surface area (Å²) in [6, 6.07) is 10.6. The van der Waals surface area contributed by atoms with E-state index in [9.17, 15) is 9.59 Å². The van der Waals surface area contributed by atoms with Gasteiger partial charge in [-0.1, -0.05) is 23.7 Å². The standard InChI is InChI=1S/C28H28ClN5O4/c1-15(2)33-21(20-13-30-28(38-6)31-26(20)37-5)12-19-25(33)24(17-7-9-18(29)10-8-17)34(27(19)36)22-14-32(4)23(35)11-16(22)3/h7-15,24H,1-6H3. The first-order chi connectivity index (χ1) is 18.2. The average molecular weight is 534 g/mol. The molecule has 1 amide bonds. The predicted octanol–water partition coefficient (Wildman–Crippen LogP) is 4.95. The highest BCUT2D eigenvalue weighted by atomic mass is 35.5. The molecule has 1 aliphatic rings. The Bertz CT molecular complexity index is 1610. The topological polar surface area (TPSA) is 91.5 Å². The Hall–Kier alpha value is -4.11. The van der Waals surface area contributed by atoms with E-state index in [4.69, 9.17) is 21.1 Å². The summed E-state index contributed by atoms with van der Waals surface area (Å²) in [5, 5.41) is 0.600. The maximum absolute atomic E-state index is 14.2. The fourth-order valence-electron chi connectivity index (χ4n) is 5.07. The Morgan fingerprint density at radius 2 is 1.74 bits per heavy atom. The van der Waals surface area contributed by atoms with Crippen molar-refractivity contribution in [3.8, 4) is 23.1 Å². The minimum atomic E-state index is -0.465. The van der Waals surface area contributed by atoms with Gasteiger partial charge in [-0.2, -0.15) is 4.98 Å². The molecular formula is C28H28ClN5O4. The second-order valence-corrected chi connectivity index (χ2v) is 9.93. The number of pyridine rings is 1. The van der Waals surface area contributed by atoms with Gasteiger partial charge < -0.3 is 18.6 Å². The maximum atomic E-state index is 14.2. The lowest BCUT2D eigenvalue weighted by molar-refractivity contribution is 0.0993. The summed E-state index contributed by atoms with van der Waals surface area (Å²) in [7, 11) is 4.71. The summed E-state index contributed by atoms with van der Waals surface area (Å²) in [5.41, 5.74) is 4.91. The van der Waals surface area contributed by atoms with Crippen LogP contribution in [0, 0.1) is 6.92 Å². The second kappa shape index (κ2) is 9.64. The second-order valence-electron chi connectivity index (χ2n) is 9.49. The molecule has 5 rings (SSSR count). The average Bonchev–Trinajstić information content (AvgIpc) is 3.41. The SMILES string of the molecule is COc1ncc(-c2cc3c(n2C(C)C)C(c2ccc(Cl)cc2)N(c2cn(C)c(=O)cc2C)C3=O)c(OC)n1. The van der Waals surface area contributed by atoms with E-state index in [0.717, 1.165) is 17.0 Å². The number of benzene rings is 1. The molecule has 0 fully saturated rings. The van der Waals surface area contributed by atoms with Crippen LogP contribution >= 0.6 is 11.6 Å². The summed E-state index contributed by atoms with van der Waals surface area (Å²) in [4.78, 5) is 36.9. The van der Waals surface area contributed by atoms with E-state index in [0.29, 0.717) is 33.3 Å². The van der Waals surface area contributed by atoms with Gasteiger partial charge in [-0.05, 0) is 50.1 Å². The van der Waals surface area contributed by atoms with Gasteiger partial charge in [0, 0.05) is 36.6 Å². The first-order valence-electron chi connectivity index (χ1n) is 12.1. The van der Waals surface area contributed by atoms with Crippen molar-refractivity contribution >= 4 is 23.2 Å². The molecule has 196 valence electrons. The molecule has 1 aliphatic heterocycles. The monoisotopic (exact) mass is 533 g/mol. The largest absolute Gasteiger partial charge is 0.480 e. The van der Waals surface area contributed by atoms with Crippen molar-refractivity contribution in [2.75, 3.05) is 19.1 Å². The first kappa shape index (κ1) is 25.5. The van der Waals surface area contributed by atoms with Crippen molar-refractivity contribution in [3.63, 3.8) is 0 Å². The molecule has 1 atom stereocenters. The highest BCUT2D eigenvalue weighted by molar-refractivity contribution is 6.30. The molecule has 0 aliphatic carbocycles. The number of aromatic nitrogens is 4. The number of carbonyl (C=O) groups is 1. The Morgan fingerprint density at radius 1 is 1.03 bits per heavy atom. The van der Waals surface area contributed by atoms with Gasteiger partial charge in [0.1, 0.15) is 6.04 Å². The molecule has 0 saturated carbocycles. The summed E-state index contributed by atoms with van der Waals surface area (Å²) >= 11 is 6.23. The van der Waals surface area contributed by atoms with Crippen LogP contribution in [-0.2, 0) is 7.05 Å². The van der Waals surface area contributed by atoms with Gasteiger partial charge in [0.05, 0.1) is 42.4 Å². The zero-order valence-corrected chi connectivity index (χ0v) is 22.8. The number of anilines is 1. The molecule has 0 spiro atoms. The zero-order valence-electron chi connectivity index (χ0n) is 22.0. The third-order valence-corrected chi connectivity index (χ3v) is 7.05. The van der Waals surface area contributed by atoms with Crippen LogP contribution in [0.1, 0.15) is 53.1 Å². The smallest absolute Gasteiger partial charge is 0.319 e. The van der Waals surface area contributed by atoms with Crippen LogP contribution in [-0.4, -0.2) is 39.2 Å². The normalized spacial score (nSPS) is 14.8. The quantitative estimate of drug-likeness (QED) is 0.348. The Labute approximate surface area is 225 Å². The number of aryl methyl sites for hydroxylation is 2. The Kier molecular flexibility index (Phi) is 6.48. The molecular weight excluding hydrogens is 506 g/mol. The number of nitrogens with zero attached hydrogens (tertiary/aromatic N) is 5. The molecule has 4 aromatic rings. The lowest BCUT2D eigenvalue weighted by Crippen LogP contribution is -2.32. The summed E-state index contributed by atoms with van der Waals surface area (Å²) < 4.78 is 14.4. The number of ether oxygens (including phenoxy) is 2. The lowest BCUT2D eigenvalue weighted by Gasteiger charge is -2.30. The number of hydrogen-bond acceptors (Lipinski definition) is 6. The van der Waals surface area contributed by atoms with Crippen LogP contribution in [0.3, 0.4) is 0 Å². The maximum Gasteiger partial charge on any atom is 0.319 e. The van der Waals surface area contributed by atoms with Crippen molar-refractivity contribution in [3.05, 3.63) is 86.6 Å². The molecule has 0 N–H and O–H groups in total. The van der Waals surface area contributed by atoms with Crippen LogP contribution in [0.5, 0.6) is 11.9 Å². The van der Waals surface area contributed by atoms with Crippen LogP contribution in [0.25, 0.3) is 11.3 Å². The van der Waals surface area contributed by atoms with Crippen LogP contribution in [0.15, 0.2) is 53.6 Å². The van der Waals surface area contributed by atoms with E-state index in [1.54, 1.807) is 30.4 Å². The Morgan fingerprint density at radius 3 is 2.37 bits per heavy atom. The minimum absolute atomic E-state index is 0.0238. The van der Waals surface area contributed by atoms with E-state index >= 15 is 0 Å². The van der Waals surface area contributed by atoms with Crippen molar-refractivity contribution in [2.24, 2.45) is 7.05 Å². The van der Waals surface area contributed by atoms with E-state index in [2.05, 4.69) is 28.4 Å². The molecule has 0 saturated heterocycles. The molecule has 3 aromatic heterocycles. The highest BCUT2D eigenvalue weighted by Crippen LogP contribution is 2.47. The molecule has 0 bridgehead atoms. The lowest BCUT2D eigenvalue weighted by atomic mass is 10.0. The van der Waals surface area contributed by atoms with Crippen LogP contribution in [0.2, 0.25) is 5.02 Å². The van der Waals surface area contributed by atoms with Gasteiger partial charge in [-0.3, -0.25) is 14.5 Å². The third-order valence-electron chi connectivity index (χ3n) is 6.80. The van der Waals surface area contributed by atoms with E-state index in [-0.39, 0.29) is 23.5 Å². The molecule has 1 aromatic carbocycles. The summed E-state index contributed by atoms with van der Waals surface area (Å²) in [6.45, 7) is 5.96. The summed E-state index contributed by atoms with van der Waals surface area (Å²) in [5.74, 6) is 0.173. The number of fused-ring (bicyclic) bond motifs is 1. The van der Waals surface area contributed by atoms with Crippen LogP contribution in [0.4, 0.5) is 5.69 Å². The Balaban J connectivity index is 1.80. The zero-order chi connectivity index (χ0) is 27.3. The highest BCUT2D eigenvalue weighted by Gasteiger charge is 2.44. The molecule has 10 heteroatoms. The van der Waals surface area contributed by atoms with Gasteiger partial charge in [0.2, 0.25) is 5.88 Å². The summed E-state index contributed by atoms with van der Waals surface area (Å²) in [6.07, 6.45) is 3.36. The fourth-order valence-corrected chi connectivity index (χ4v) is 5.19. The fraction of sp³-hybridized carbons (Fsp3) is 0.286. The number of hydrogen-bond donors (Lipinski definition) is 0. The van der Waals surface area contributed by atoms with Crippen LogP contribution < -0.4 is 19.9 Å². The molecule has 1 unspecified atom stereocenters. The van der Waals surface area contributed by atoms with E-state index in [1.165, 1.54) is 18.8 Å². The van der Waals surface area contributed by atoms with Gasteiger partial charge in [0.25, 0.3) is 11.5 Å². The number of rotatable bonds is 6. The van der Waals surface area contributed by atoms with E-state index < -0.39 is 6.04 Å². The number of carbonyl (C=O) groups excluding carboxylic acids is 1. The van der Waals surface area contributed by atoms with Crippen molar-refractivity contribution in [1.82, 2.24) is 19.1 Å². The first-order valence-corrected chi connectivity index (χ1v) is 12.5. The molecule has 38 heavy (non-hydrogen) atoms. The van der Waals surface area contributed by atoms with Crippen molar-refractivity contribution < 1.29 is 14.3 Å². The third kappa shape index (κ3) is 4.03. The van der Waals surface area contributed by atoms with Gasteiger partial charge >= 0.3 is 6.01 Å². The minimum Gasteiger partial charge on any atom is -0.480 e. The van der Waals surface area contributed by atoms with Crippen molar-refractivity contribution in [1.29, 1.82) is 0 Å².